The van der Waals surface area contributed by atoms with Crippen molar-refractivity contribution >= 4 is 11.6 Å². The number of aromatic nitrogens is 1. The summed E-state index contributed by atoms with van der Waals surface area (Å²) in [5.41, 5.74) is 2.22. The molecule has 2 aromatic rings. The third-order valence-corrected chi connectivity index (χ3v) is 2.82. The van der Waals surface area contributed by atoms with Gasteiger partial charge in [-0.1, -0.05) is 26.0 Å². The van der Waals surface area contributed by atoms with Gasteiger partial charge in [-0.2, -0.15) is 4.39 Å². The molecule has 0 fully saturated rings. The molecule has 2 rings (SSSR count). The number of amides is 1. The van der Waals surface area contributed by atoms with Crippen molar-refractivity contribution in [3.8, 4) is 0 Å². The van der Waals surface area contributed by atoms with Crippen LogP contribution in [0.3, 0.4) is 0 Å². The van der Waals surface area contributed by atoms with Crippen LogP contribution in [0.2, 0.25) is 0 Å². The first-order chi connectivity index (χ1) is 9.06. The first kappa shape index (κ1) is 13.2. The van der Waals surface area contributed by atoms with Crippen LogP contribution in [-0.4, -0.2) is 10.9 Å². The highest BCUT2D eigenvalue weighted by molar-refractivity contribution is 6.04. The lowest BCUT2D eigenvalue weighted by atomic mass is 10.0. The lowest BCUT2D eigenvalue weighted by molar-refractivity contribution is 0.102. The number of nitrogens with one attached hydrogen (secondary N) is 1. The number of rotatable bonds is 3. The van der Waals surface area contributed by atoms with Crippen LogP contribution in [0.25, 0.3) is 0 Å². The fourth-order valence-electron chi connectivity index (χ4n) is 1.67. The predicted octanol–water partition coefficient (Wildman–Crippen LogP) is 3.60. The Morgan fingerprint density at radius 2 is 1.84 bits per heavy atom. The number of benzene rings is 1. The molecule has 0 atom stereocenters. The summed E-state index contributed by atoms with van der Waals surface area (Å²) in [6, 6.07) is 10.1. The average Bonchev–Trinajstić information content (AvgIpc) is 2.41. The number of pyridine rings is 1. The van der Waals surface area contributed by atoms with E-state index in [-0.39, 0.29) is 5.91 Å². The molecule has 0 aliphatic rings. The molecular formula is C15H15FN2O. The monoisotopic (exact) mass is 258 g/mol. The molecule has 1 amide bonds. The van der Waals surface area contributed by atoms with Gasteiger partial charge in [0.05, 0.1) is 11.9 Å². The third kappa shape index (κ3) is 3.37. The van der Waals surface area contributed by atoms with Crippen LogP contribution < -0.4 is 5.32 Å². The van der Waals surface area contributed by atoms with Crippen LogP contribution in [0.5, 0.6) is 0 Å². The summed E-state index contributed by atoms with van der Waals surface area (Å²) in [7, 11) is 0. The number of carbonyl (C=O) groups is 1. The van der Waals surface area contributed by atoms with E-state index in [2.05, 4.69) is 24.1 Å². The maximum atomic E-state index is 12.6. The van der Waals surface area contributed by atoms with Crippen molar-refractivity contribution in [1.29, 1.82) is 0 Å². The summed E-state index contributed by atoms with van der Waals surface area (Å²) in [5.74, 6) is -0.374. The maximum absolute atomic E-state index is 12.6. The van der Waals surface area contributed by atoms with Crippen LogP contribution >= 0.6 is 0 Å². The lowest BCUT2D eigenvalue weighted by Gasteiger charge is -2.07. The van der Waals surface area contributed by atoms with E-state index in [1.165, 1.54) is 23.9 Å². The van der Waals surface area contributed by atoms with Crippen molar-refractivity contribution in [3.63, 3.8) is 0 Å². The van der Waals surface area contributed by atoms with Gasteiger partial charge in [0, 0.05) is 5.56 Å². The molecule has 3 nitrogen and oxygen atoms in total. The Morgan fingerprint density at radius 1 is 1.16 bits per heavy atom. The Hall–Kier alpha value is -2.23. The Bertz CT molecular complexity index is 562. The molecule has 1 aromatic carbocycles. The van der Waals surface area contributed by atoms with Gasteiger partial charge in [-0.3, -0.25) is 4.79 Å². The minimum absolute atomic E-state index is 0.233. The summed E-state index contributed by atoms with van der Waals surface area (Å²) in [4.78, 5) is 15.4. The molecule has 0 aliphatic carbocycles. The van der Waals surface area contributed by atoms with Gasteiger partial charge in [0.2, 0.25) is 5.95 Å². The van der Waals surface area contributed by atoms with E-state index in [0.717, 1.165) is 0 Å². The Morgan fingerprint density at radius 3 is 2.37 bits per heavy atom. The van der Waals surface area contributed by atoms with Crippen molar-refractivity contribution in [1.82, 2.24) is 4.98 Å². The second-order valence-corrected chi connectivity index (χ2v) is 4.60. The quantitative estimate of drug-likeness (QED) is 0.855. The second kappa shape index (κ2) is 5.61. The summed E-state index contributed by atoms with van der Waals surface area (Å²) in [6.45, 7) is 4.19. The summed E-state index contributed by atoms with van der Waals surface area (Å²) in [5, 5.41) is 2.67. The minimum atomic E-state index is -0.570. The first-order valence-electron chi connectivity index (χ1n) is 6.09. The molecule has 0 radical (unpaired) electrons. The molecule has 0 aliphatic heterocycles. The van der Waals surface area contributed by atoms with Crippen LogP contribution in [0, 0.1) is 5.95 Å². The summed E-state index contributed by atoms with van der Waals surface area (Å²) < 4.78 is 12.6. The molecule has 1 N–H and O–H groups in total. The highest BCUT2D eigenvalue weighted by atomic mass is 19.1. The number of halogens is 1. The van der Waals surface area contributed by atoms with Gasteiger partial charge in [-0.15, -0.1) is 0 Å². The molecule has 4 heteroatoms. The van der Waals surface area contributed by atoms with Gasteiger partial charge >= 0.3 is 0 Å². The van der Waals surface area contributed by atoms with Gasteiger partial charge < -0.3 is 5.32 Å². The highest BCUT2D eigenvalue weighted by Gasteiger charge is 2.07. The van der Waals surface area contributed by atoms with Crippen LogP contribution in [0.15, 0.2) is 42.6 Å². The van der Waals surface area contributed by atoms with Gasteiger partial charge in [0.1, 0.15) is 0 Å². The largest absolute Gasteiger partial charge is 0.321 e. The molecule has 1 heterocycles. The zero-order valence-corrected chi connectivity index (χ0v) is 10.9. The zero-order valence-electron chi connectivity index (χ0n) is 10.9. The van der Waals surface area contributed by atoms with E-state index in [1.807, 2.05) is 12.1 Å². The number of carbonyl (C=O) groups excluding carboxylic acids is 1. The van der Waals surface area contributed by atoms with Crippen LogP contribution in [-0.2, 0) is 0 Å². The topological polar surface area (TPSA) is 42.0 Å². The van der Waals surface area contributed by atoms with Gasteiger partial charge in [0.15, 0.2) is 0 Å². The van der Waals surface area contributed by atoms with Crippen molar-refractivity contribution in [2.45, 2.75) is 19.8 Å². The second-order valence-electron chi connectivity index (χ2n) is 4.60. The maximum Gasteiger partial charge on any atom is 0.255 e. The summed E-state index contributed by atoms with van der Waals surface area (Å²) >= 11 is 0. The smallest absolute Gasteiger partial charge is 0.255 e. The molecule has 1 aromatic heterocycles. The fraction of sp³-hybridized carbons (Fsp3) is 0.200. The van der Waals surface area contributed by atoms with Crippen LogP contribution in [0.4, 0.5) is 10.1 Å². The highest BCUT2D eigenvalue weighted by Crippen LogP contribution is 2.15. The van der Waals surface area contributed by atoms with E-state index in [1.54, 1.807) is 12.1 Å². The van der Waals surface area contributed by atoms with E-state index < -0.39 is 5.95 Å². The van der Waals surface area contributed by atoms with Gasteiger partial charge in [-0.05, 0) is 35.7 Å². The molecule has 0 bridgehead atoms. The van der Waals surface area contributed by atoms with E-state index in [9.17, 15) is 9.18 Å². The van der Waals surface area contributed by atoms with Crippen LogP contribution in [0.1, 0.15) is 35.7 Å². The molecule has 98 valence electrons. The summed E-state index contributed by atoms with van der Waals surface area (Å²) in [6.07, 6.45) is 1.29. The molecular weight excluding hydrogens is 243 g/mol. The van der Waals surface area contributed by atoms with Crippen molar-refractivity contribution < 1.29 is 9.18 Å². The molecule has 19 heavy (non-hydrogen) atoms. The fourth-order valence-corrected chi connectivity index (χ4v) is 1.67. The Kier molecular flexibility index (Phi) is 3.90. The average molecular weight is 258 g/mol. The number of anilines is 1. The Balaban J connectivity index is 2.09. The molecule has 0 saturated carbocycles. The third-order valence-electron chi connectivity index (χ3n) is 2.82. The van der Waals surface area contributed by atoms with E-state index in [0.29, 0.717) is 17.2 Å². The van der Waals surface area contributed by atoms with Crippen molar-refractivity contribution in [2.24, 2.45) is 0 Å². The standard InChI is InChI=1S/C15H15FN2O/c1-10(2)11-3-5-12(6-4-11)15(19)18-13-7-8-14(16)17-9-13/h3-10H,1-2H3,(H,18,19). The number of hydrogen-bond donors (Lipinski definition) is 1. The number of hydrogen-bond acceptors (Lipinski definition) is 2. The zero-order chi connectivity index (χ0) is 13.8. The Labute approximate surface area is 111 Å². The van der Waals surface area contributed by atoms with Gasteiger partial charge in [-0.25, -0.2) is 4.98 Å². The van der Waals surface area contributed by atoms with Crippen molar-refractivity contribution in [3.05, 3.63) is 59.7 Å². The van der Waals surface area contributed by atoms with Gasteiger partial charge in [0.25, 0.3) is 5.91 Å². The predicted molar refractivity (Wildman–Crippen MR) is 72.7 cm³/mol. The molecule has 0 unspecified atom stereocenters. The van der Waals surface area contributed by atoms with E-state index >= 15 is 0 Å². The molecule has 0 saturated heterocycles. The molecule has 0 spiro atoms. The lowest BCUT2D eigenvalue weighted by Crippen LogP contribution is -2.12. The number of nitrogens with zero attached hydrogens (tertiary/aromatic N) is 1. The normalized spacial score (nSPS) is 10.5. The van der Waals surface area contributed by atoms with E-state index in [4.69, 9.17) is 0 Å². The minimum Gasteiger partial charge on any atom is -0.321 e. The SMILES string of the molecule is CC(C)c1ccc(C(=O)Nc2ccc(F)nc2)cc1. The first-order valence-corrected chi connectivity index (χ1v) is 6.09. The van der Waals surface area contributed by atoms with Crippen molar-refractivity contribution in [2.75, 3.05) is 5.32 Å².